The van der Waals surface area contributed by atoms with E-state index in [4.69, 9.17) is 4.74 Å². The fourth-order valence-corrected chi connectivity index (χ4v) is 3.02. The Morgan fingerprint density at radius 1 is 1.36 bits per heavy atom. The van der Waals surface area contributed by atoms with Crippen molar-refractivity contribution >= 4 is 21.6 Å². The van der Waals surface area contributed by atoms with E-state index >= 15 is 0 Å². The van der Waals surface area contributed by atoms with Crippen LogP contribution in [-0.2, 0) is 19.6 Å². The van der Waals surface area contributed by atoms with Crippen molar-refractivity contribution in [1.82, 2.24) is 5.32 Å². The molecular weight excluding hydrogens is 318 g/mol. The summed E-state index contributed by atoms with van der Waals surface area (Å²) in [5, 5.41) is 2.49. The second kappa shape index (κ2) is 7.50. The second-order valence-electron chi connectivity index (χ2n) is 4.62. The number of carbonyl (C=O) groups is 1. The number of methoxy groups -OCH3 is 1. The lowest BCUT2D eigenvalue weighted by Crippen LogP contribution is -2.48. The SMILES string of the molecule is COCCNC(=O)C(C)N(c1ccc(F)c(F)c1)S(C)(=O)=O. The zero-order valence-electron chi connectivity index (χ0n) is 12.5. The fraction of sp³-hybridized carbons (Fsp3) is 0.462. The first-order valence-electron chi connectivity index (χ1n) is 6.39. The Hall–Kier alpha value is -1.74. The number of halogens is 2. The van der Waals surface area contributed by atoms with E-state index in [9.17, 15) is 22.0 Å². The highest BCUT2D eigenvalue weighted by molar-refractivity contribution is 7.92. The van der Waals surface area contributed by atoms with E-state index in [-0.39, 0.29) is 18.8 Å². The Bertz CT molecular complexity index is 637. The highest BCUT2D eigenvalue weighted by Crippen LogP contribution is 2.23. The summed E-state index contributed by atoms with van der Waals surface area (Å²) >= 11 is 0. The summed E-state index contributed by atoms with van der Waals surface area (Å²) < 4.78 is 55.6. The monoisotopic (exact) mass is 336 g/mol. The maximum atomic E-state index is 13.3. The van der Waals surface area contributed by atoms with E-state index in [1.165, 1.54) is 14.0 Å². The Morgan fingerprint density at radius 2 is 2.00 bits per heavy atom. The molecule has 0 aliphatic rings. The molecule has 0 aliphatic carbocycles. The number of hydrogen-bond donors (Lipinski definition) is 1. The predicted octanol–water partition coefficient (Wildman–Crippen LogP) is 0.882. The summed E-state index contributed by atoms with van der Waals surface area (Å²) in [5.74, 6) is -2.88. The highest BCUT2D eigenvalue weighted by atomic mass is 32.2. The van der Waals surface area contributed by atoms with Gasteiger partial charge in [0.05, 0.1) is 18.6 Å². The van der Waals surface area contributed by atoms with Gasteiger partial charge in [-0.05, 0) is 19.1 Å². The van der Waals surface area contributed by atoms with Gasteiger partial charge in [0.1, 0.15) is 6.04 Å². The van der Waals surface area contributed by atoms with Gasteiger partial charge >= 0.3 is 0 Å². The molecule has 1 aromatic carbocycles. The molecule has 0 saturated heterocycles. The van der Waals surface area contributed by atoms with Crippen LogP contribution in [0.5, 0.6) is 0 Å². The predicted molar refractivity (Wildman–Crippen MR) is 78.0 cm³/mol. The van der Waals surface area contributed by atoms with Crippen molar-refractivity contribution in [3.05, 3.63) is 29.8 Å². The van der Waals surface area contributed by atoms with Crippen LogP contribution in [0.1, 0.15) is 6.92 Å². The molecule has 1 N–H and O–H groups in total. The van der Waals surface area contributed by atoms with Crippen molar-refractivity contribution in [3.63, 3.8) is 0 Å². The molecule has 9 heteroatoms. The normalized spacial score (nSPS) is 12.8. The average Bonchev–Trinajstić information content (AvgIpc) is 2.41. The first kappa shape index (κ1) is 18.3. The maximum absolute atomic E-state index is 13.3. The lowest BCUT2D eigenvalue weighted by Gasteiger charge is -2.28. The van der Waals surface area contributed by atoms with Crippen LogP contribution in [0.15, 0.2) is 18.2 Å². The molecular formula is C13H18F2N2O4S. The molecule has 0 aliphatic heterocycles. The molecule has 0 radical (unpaired) electrons. The molecule has 0 spiro atoms. The van der Waals surface area contributed by atoms with Crippen LogP contribution in [0, 0.1) is 11.6 Å². The molecule has 1 amide bonds. The van der Waals surface area contributed by atoms with Gasteiger partial charge in [0.25, 0.3) is 0 Å². The minimum absolute atomic E-state index is 0.129. The number of ether oxygens (including phenoxy) is 1. The van der Waals surface area contributed by atoms with E-state index < -0.39 is 33.6 Å². The van der Waals surface area contributed by atoms with Gasteiger partial charge in [0.2, 0.25) is 15.9 Å². The largest absolute Gasteiger partial charge is 0.383 e. The molecule has 0 fully saturated rings. The molecule has 0 saturated carbocycles. The van der Waals surface area contributed by atoms with Gasteiger partial charge in [0.15, 0.2) is 11.6 Å². The number of hydrogen-bond acceptors (Lipinski definition) is 4. The van der Waals surface area contributed by atoms with Gasteiger partial charge in [-0.1, -0.05) is 0 Å². The van der Waals surface area contributed by atoms with Crippen molar-refractivity contribution in [2.75, 3.05) is 30.8 Å². The lowest BCUT2D eigenvalue weighted by molar-refractivity contribution is -0.122. The standard InChI is InChI=1S/C13H18F2N2O4S/c1-9(13(18)16-6-7-21-2)17(22(3,19)20)10-4-5-11(14)12(15)8-10/h4-5,8-9H,6-7H2,1-3H3,(H,16,18). The molecule has 6 nitrogen and oxygen atoms in total. The van der Waals surface area contributed by atoms with Gasteiger partial charge in [0, 0.05) is 19.7 Å². The number of benzene rings is 1. The van der Waals surface area contributed by atoms with Gasteiger partial charge in [-0.3, -0.25) is 9.10 Å². The average molecular weight is 336 g/mol. The molecule has 1 atom stereocenters. The number of nitrogens with zero attached hydrogens (tertiary/aromatic N) is 1. The van der Waals surface area contributed by atoms with Crippen molar-refractivity contribution in [2.45, 2.75) is 13.0 Å². The zero-order valence-corrected chi connectivity index (χ0v) is 13.3. The van der Waals surface area contributed by atoms with E-state index in [0.29, 0.717) is 0 Å². The first-order chi connectivity index (χ1) is 10.2. The van der Waals surface area contributed by atoms with E-state index in [0.717, 1.165) is 28.8 Å². The van der Waals surface area contributed by atoms with E-state index in [1.807, 2.05) is 0 Å². The molecule has 1 rings (SSSR count). The summed E-state index contributed by atoms with van der Waals surface area (Å²) in [4.78, 5) is 12.0. The first-order valence-corrected chi connectivity index (χ1v) is 8.24. The van der Waals surface area contributed by atoms with Crippen LogP contribution in [0.3, 0.4) is 0 Å². The Balaban J connectivity index is 3.08. The fourth-order valence-electron chi connectivity index (χ4n) is 1.85. The summed E-state index contributed by atoms with van der Waals surface area (Å²) in [6.07, 6.45) is 0.882. The quantitative estimate of drug-likeness (QED) is 0.750. The van der Waals surface area contributed by atoms with Crippen molar-refractivity contribution in [1.29, 1.82) is 0 Å². The summed E-state index contributed by atoms with van der Waals surface area (Å²) in [5.41, 5.74) is -0.129. The minimum Gasteiger partial charge on any atom is -0.383 e. The number of amides is 1. The Labute approximate surface area is 128 Å². The third-order valence-electron chi connectivity index (χ3n) is 2.85. The zero-order chi connectivity index (χ0) is 16.9. The Morgan fingerprint density at radius 3 is 2.50 bits per heavy atom. The van der Waals surface area contributed by atoms with Gasteiger partial charge < -0.3 is 10.1 Å². The van der Waals surface area contributed by atoms with Crippen LogP contribution >= 0.6 is 0 Å². The van der Waals surface area contributed by atoms with Crippen molar-refractivity contribution in [2.24, 2.45) is 0 Å². The number of nitrogens with one attached hydrogen (secondary N) is 1. The molecule has 124 valence electrons. The molecule has 1 aromatic rings. The van der Waals surface area contributed by atoms with E-state index in [1.54, 1.807) is 0 Å². The molecule has 22 heavy (non-hydrogen) atoms. The van der Waals surface area contributed by atoms with Gasteiger partial charge in [-0.2, -0.15) is 0 Å². The summed E-state index contributed by atoms with van der Waals surface area (Å²) in [6.45, 7) is 1.82. The van der Waals surface area contributed by atoms with Crippen molar-refractivity contribution < 1.29 is 26.7 Å². The number of carbonyl (C=O) groups excluding carboxylic acids is 1. The number of anilines is 1. The van der Waals surface area contributed by atoms with Crippen LogP contribution in [0.4, 0.5) is 14.5 Å². The van der Waals surface area contributed by atoms with Crippen molar-refractivity contribution in [3.8, 4) is 0 Å². The van der Waals surface area contributed by atoms with Crippen LogP contribution in [0.25, 0.3) is 0 Å². The molecule has 0 aromatic heterocycles. The Kier molecular flexibility index (Phi) is 6.24. The topological polar surface area (TPSA) is 75.7 Å². The molecule has 0 bridgehead atoms. The minimum atomic E-state index is -3.87. The van der Waals surface area contributed by atoms with E-state index in [2.05, 4.69) is 5.32 Å². The summed E-state index contributed by atoms with van der Waals surface area (Å²) in [7, 11) is -2.41. The lowest BCUT2D eigenvalue weighted by atomic mass is 10.2. The maximum Gasteiger partial charge on any atom is 0.243 e. The van der Waals surface area contributed by atoms with Crippen LogP contribution < -0.4 is 9.62 Å². The smallest absolute Gasteiger partial charge is 0.243 e. The molecule has 0 heterocycles. The summed E-state index contributed by atoms with van der Waals surface area (Å²) in [6, 6.07) is 1.50. The molecule has 1 unspecified atom stereocenters. The number of rotatable bonds is 7. The number of sulfonamides is 1. The van der Waals surface area contributed by atoms with Gasteiger partial charge in [-0.25, -0.2) is 17.2 Å². The van der Waals surface area contributed by atoms with Crippen LogP contribution in [0.2, 0.25) is 0 Å². The second-order valence-corrected chi connectivity index (χ2v) is 6.48. The third kappa shape index (κ3) is 4.63. The van der Waals surface area contributed by atoms with Crippen LogP contribution in [-0.4, -0.2) is 46.9 Å². The van der Waals surface area contributed by atoms with Gasteiger partial charge in [-0.15, -0.1) is 0 Å². The third-order valence-corrected chi connectivity index (χ3v) is 4.09. The highest BCUT2D eigenvalue weighted by Gasteiger charge is 2.29.